The van der Waals surface area contributed by atoms with Crippen molar-refractivity contribution < 1.29 is 9.53 Å². The highest BCUT2D eigenvalue weighted by atomic mass is 35.5. The molecule has 1 atom stereocenters. The summed E-state index contributed by atoms with van der Waals surface area (Å²) < 4.78 is 4.81. The van der Waals surface area contributed by atoms with Crippen LogP contribution in [-0.4, -0.2) is 12.6 Å². The quantitative estimate of drug-likeness (QED) is 0.849. The highest BCUT2D eigenvalue weighted by molar-refractivity contribution is 6.35. The fourth-order valence-corrected chi connectivity index (χ4v) is 1.86. The van der Waals surface area contributed by atoms with Gasteiger partial charge in [0.1, 0.15) is 0 Å². The van der Waals surface area contributed by atoms with Crippen molar-refractivity contribution in [3.8, 4) is 0 Å². The Labute approximate surface area is 104 Å². The van der Waals surface area contributed by atoms with E-state index in [1.807, 2.05) is 0 Å². The zero-order chi connectivity index (χ0) is 12.1. The van der Waals surface area contributed by atoms with Crippen LogP contribution in [0.25, 0.3) is 0 Å². The number of carbonyl (C=O) groups is 1. The fourth-order valence-electron chi connectivity index (χ4n) is 1.31. The van der Waals surface area contributed by atoms with E-state index in [1.54, 1.807) is 25.1 Å². The Morgan fingerprint density at radius 1 is 1.50 bits per heavy atom. The Morgan fingerprint density at radius 2 is 2.19 bits per heavy atom. The lowest BCUT2D eigenvalue weighted by Crippen LogP contribution is -2.17. The lowest BCUT2D eigenvalue weighted by Gasteiger charge is -2.12. The fraction of sp³-hybridized carbons (Fsp3) is 0.364. The van der Waals surface area contributed by atoms with E-state index in [1.165, 1.54) is 0 Å². The molecule has 1 aromatic rings. The van der Waals surface area contributed by atoms with Gasteiger partial charge in [0.2, 0.25) is 0 Å². The number of halogens is 2. The third-order valence-electron chi connectivity index (χ3n) is 2.05. The lowest BCUT2D eigenvalue weighted by atomic mass is 10.1. The maximum atomic E-state index is 11.2. The van der Waals surface area contributed by atoms with E-state index < -0.39 is 6.04 Å². The number of ether oxygens (including phenoxy) is 1. The molecule has 3 nitrogen and oxygen atoms in total. The molecule has 0 spiro atoms. The second-order valence-corrected chi connectivity index (χ2v) is 4.13. The van der Waals surface area contributed by atoms with Gasteiger partial charge in [-0.15, -0.1) is 0 Å². The topological polar surface area (TPSA) is 52.3 Å². The molecule has 0 fully saturated rings. The molecule has 5 heteroatoms. The zero-order valence-electron chi connectivity index (χ0n) is 8.87. The van der Waals surface area contributed by atoms with Gasteiger partial charge in [-0.3, -0.25) is 4.79 Å². The molecule has 0 aliphatic heterocycles. The highest BCUT2D eigenvalue weighted by Gasteiger charge is 2.15. The molecule has 0 heterocycles. The molecule has 0 aliphatic rings. The summed E-state index contributed by atoms with van der Waals surface area (Å²) in [5, 5.41) is 1.00. The summed E-state index contributed by atoms with van der Waals surface area (Å²) in [4.78, 5) is 11.2. The van der Waals surface area contributed by atoms with E-state index in [0.29, 0.717) is 22.2 Å². The summed E-state index contributed by atoms with van der Waals surface area (Å²) in [6, 6.07) is 4.54. The van der Waals surface area contributed by atoms with Crippen LogP contribution in [0.4, 0.5) is 0 Å². The maximum Gasteiger partial charge on any atom is 0.307 e. The molecule has 1 aromatic carbocycles. The first-order chi connectivity index (χ1) is 7.54. The average Bonchev–Trinajstić information content (AvgIpc) is 2.17. The minimum atomic E-state index is -0.469. The molecule has 0 aromatic heterocycles. The number of benzene rings is 1. The van der Waals surface area contributed by atoms with Gasteiger partial charge in [-0.2, -0.15) is 0 Å². The van der Waals surface area contributed by atoms with Gasteiger partial charge >= 0.3 is 5.97 Å². The summed E-state index contributed by atoms with van der Waals surface area (Å²) in [5.74, 6) is -0.332. The molecule has 0 aliphatic carbocycles. The van der Waals surface area contributed by atoms with Crippen molar-refractivity contribution in [2.45, 2.75) is 19.4 Å². The minimum absolute atomic E-state index is 0.106. The minimum Gasteiger partial charge on any atom is -0.466 e. The summed E-state index contributed by atoms with van der Waals surface area (Å²) in [6.07, 6.45) is 0.106. The number of hydrogen-bond acceptors (Lipinski definition) is 3. The normalized spacial score (nSPS) is 12.2. The first-order valence-electron chi connectivity index (χ1n) is 4.90. The van der Waals surface area contributed by atoms with E-state index in [2.05, 4.69) is 0 Å². The predicted octanol–water partition coefficient (Wildman–Crippen LogP) is 2.95. The van der Waals surface area contributed by atoms with E-state index in [0.717, 1.165) is 0 Å². The molecule has 2 N–H and O–H groups in total. The van der Waals surface area contributed by atoms with Crippen LogP contribution in [0.3, 0.4) is 0 Å². The van der Waals surface area contributed by atoms with Gasteiger partial charge in [-0.05, 0) is 24.6 Å². The Morgan fingerprint density at radius 3 is 2.75 bits per heavy atom. The van der Waals surface area contributed by atoms with Crippen molar-refractivity contribution >= 4 is 29.2 Å². The Hall–Kier alpha value is -0.770. The lowest BCUT2D eigenvalue weighted by molar-refractivity contribution is -0.143. The molecule has 0 radical (unpaired) electrons. The van der Waals surface area contributed by atoms with Gasteiger partial charge in [-0.1, -0.05) is 29.3 Å². The summed E-state index contributed by atoms with van der Waals surface area (Å²) in [5.41, 5.74) is 6.54. The number of rotatable bonds is 4. The second-order valence-electron chi connectivity index (χ2n) is 3.28. The van der Waals surface area contributed by atoms with Crippen LogP contribution in [0, 0.1) is 0 Å². The zero-order valence-corrected chi connectivity index (χ0v) is 10.4. The van der Waals surface area contributed by atoms with Crippen LogP contribution in [0.2, 0.25) is 10.0 Å². The van der Waals surface area contributed by atoms with Crippen LogP contribution in [0.5, 0.6) is 0 Å². The molecular weight excluding hydrogens is 249 g/mol. The molecule has 0 amide bonds. The summed E-state index contributed by atoms with van der Waals surface area (Å²) in [6.45, 7) is 2.10. The van der Waals surface area contributed by atoms with Gasteiger partial charge in [0.25, 0.3) is 0 Å². The summed E-state index contributed by atoms with van der Waals surface area (Å²) in [7, 11) is 0. The van der Waals surface area contributed by atoms with E-state index in [9.17, 15) is 4.79 Å². The smallest absolute Gasteiger partial charge is 0.307 e. The van der Waals surface area contributed by atoms with Gasteiger partial charge in [-0.25, -0.2) is 0 Å². The van der Waals surface area contributed by atoms with Gasteiger partial charge in [0.05, 0.1) is 13.0 Å². The molecule has 0 unspecified atom stereocenters. The summed E-state index contributed by atoms with van der Waals surface area (Å²) >= 11 is 11.7. The largest absolute Gasteiger partial charge is 0.466 e. The van der Waals surface area contributed by atoms with E-state index in [4.69, 9.17) is 33.7 Å². The number of nitrogens with two attached hydrogens (primary N) is 1. The standard InChI is InChI=1S/C11H13Cl2NO2/c1-2-16-11(15)6-10(14)8-4-3-7(12)5-9(8)13/h3-5,10H,2,6,14H2,1H3/t10-/m0/s1. The van der Waals surface area contributed by atoms with Crippen molar-refractivity contribution in [3.63, 3.8) is 0 Å². The third-order valence-corrected chi connectivity index (χ3v) is 2.62. The SMILES string of the molecule is CCOC(=O)C[C@H](N)c1ccc(Cl)cc1Cl. The molecule has 88 valence electrons. The van der Waals surface area contributed by atoms with Gasteiger partial charge in [0, 0.05) is 16.1 Å². The van der Waals surface area contributed by atoms with Crippen LogP contribution in [0.15, 0.2) is 18.2 Å². The van der Waals surface area contributed by atoms with Crippen molar-refractivity contribution in [1.82, 2.24) is 0 Å². The van der Waals surface area contributed by atoms with Crippen LogP contribution < -0.4 is 5.73 Å². The molecule has 0 saturated heterocycles. The van der Waals surface area contributed by atoms with Crippen LogP contribution >= 0.6 is 23.2 Å². The van der Waals surface area contributed by atoms with Crippen molar-refractivity contribution in [3.05, 3.63) is 33.8 Å². The first-order valence-corrected chi connectivity index (χ1v) is 5.66. The van der Waals surface area contributed by atoms with E-state index >= 15 is 0 Å². The van der Waals surface area contributed by atoms with E-state index in [-0.39, 0.29) is 12.4 Å². The number of esters is 1. The van der Waals surface area contributed by atoms with Crippen molar-refractivity contribution in [1.29, 1.82) is 0 Å². The Kier molecular flexibility index (Phi) is 5.06. The highest BCUT2D eigenvalue weighted by Crippen LogP contribution is 2.26. The number of carbonyl (C=O) groups excluding carboxylic acids is 1. The van der Waals surface area contributed by atoms with Crippen molar-refractivity contribution in [2.24, 2.45) is 5.73 Å². The average molecular weight is 262 g/mol. The first kappa shape index (κ1) is 13.3. The Bertz CT molecular complexity index is 382. The molecule has 1 rings (SSSR count). The molecule has 0 bridgehead atoms. The monoisotopic (exact) mass is 261 g/mol. The predicted molar refractivity (Wildman–Crippen MR) is 64.6 cm³/mol. The van der Waals surface area contributed by atoms with Gasteiger partial charge in [0.15, 0.2) is 0 Å². The van der Waals surface area contributed by atoms with Gasteiger partial charge < -0.3 is 10.5 Å². The second kappa shape index (κ2) is 6.09. The molecular formula is C11H13Cl2NO2. The van der Waals surface area contributed by atoms with Crippen molar-refractivity contribution in [2.75, 3.05) is 6.61 Å². The Balaban J connectivity index is 2.72. The maximum absolute atomic E-state index is 11.2. The number of hydrogen-bond donors (Lipinski definition) is 1. The molecule has 0 saturated carbocycles. The molecule has 16 heavy (non-hydrogen) atoms. The van der Waals surface area contributed by atoms with Crippen LogP contribution in [0.1, 0.15) is 24.9 Å². The van der Waals surface area contributed by atoms with Crippen LogP contribution in [-0.2, 0) is 9.53 Å². The third kappa shape index (κ3) is 3.67.